The van der Waals surface area contributed by atoms with Crippen LogP contribution in [-0.2, 0) is 92.0 Å². The maximum absolute atomic E-state index is 13.4. The number of nitrogens with zero attached hydrogens (tertiary/aromatic N) is 10. The van der Waals surface area contributed by atoms with E-state index in [0.717, 1.165) is 134 Å². The van der Waals surface area contributed by atoms with Crippen molar-refractivity contribution in [3.8, 4) is 0 Å². The van der Waals surface area contributed by atoms with E-state index < -0.39 is 125 Å². The lowest BCUT2D eigenvalue weighted by Gasteiger charge is -2.41. The molecule has 762 valence electrons. The van der Waals surface area contributed by atoms with Crippen LogP contribution < -0.4 is 24.5 Å². The predicted molar refractivity (Wildman–Crippen MR) is 563 cm³/mol. The Morgan fingerprint density at radius 2 is 0.473 bits per heavy atom. The SMILES string of the molecule is CC(C)(C)c1ccc(CN2C(=O)C(c3ccccc3)C(=O)N(c3ccccc3)C2=O)cc1.Cc1ccc(CC2C(=O)N(Cc3ccc(C(F)(F)F)cc3)C(=O)N(c3ccccc3)C2=O)cc1.Cc1ccc(CN2C(=O)C(c3ccccc3)C(=O)N(c3ccccc3)C2=O)cc1.O=C1C(Cc2ccccc2)C(=O)N(C2CCCCC2)C(=O)N1c1ccccc1.O=C1C(c2ccccc2)C(=O)N(C2CCCCC2)C(=O)N1c1ccccc1. The van der Waals surface area contributed by atoms with E-state index in [4.69, 9.17) is 0 Å². The first kappa shape index (κ1) is 106. The second kappa shape index (κ2) is 47.5. The number of amides is 20. The third-order valence-electron chi connectivity index (χ3n) is 27.5. The summed E-state index contributed by atoms with van der Waals surface area (Å²) in [5.74, 6) is -10.1. The number of benzene rings is 13. The van der Waals surface area contributed by atoms with Gasteiger partial charge in [-0.15, -0.1) is 0 Å². The van der Waals surface area contributed by atoms with Crippen LogP contribution in [0.4, 0.5) is 65.6 Å². The number of hydrogen-bond acceptors (Lipinski definition) is 15. The number of aryl methyl sites for hydroxylation is 2. The van der Waals surface area contributed by atoms with Gasteiger partial charge in [-0.2, -0.15) is 13.2 Å². The van der Waals surface area contributed by atoms with E-state index in [2.05, 4.69) is 20.8 Å². The van der Waals surface area contributed by atoms with Crippen LogP contribution in [0.5, 0.6) is 0 Å². The molecule has 5 saturated heterocycles. The summed E-state index contributed by atoms with van der Waals surface area (Å²) in [5.41, 5.74) is 10.1. The minimum absolute atomic E-state index is 0.00419. The lowest BCUT2D eigenvalue weighted by molar-refractivity contribution is -0.144. The van der Waals surface area contributed by atoms with E-state index in [-0.39, 0.29) is 49.5 Å². The number of halogens is 3. The molecule has 2 aliphatic carbocycles. The minimum Gasteiger partial charge on any atom is -0.273 e. The number of urea groups is 5. The van der Waals surface area contributed by atoms with Crippen LogP contribution in [-0.4, -0.2) is 126 Å². The number of imide groups is 10. The fourth-order valence-electron chi connectivity index (χ4n) is 19.5. The zero-order valence-corrected chi connectivity index (χ0v) is 83.6. The summed E-state index contributed by atoms with van der Waals surface area (Å²) in [6.45, 7) is 10.2. The van der Waals surface area contributed by atoms with Gasteiger partial charge in [0.2, 0.25) is 41.4 Å². The lowest BCUT2D eigenvalue weighted by Crippen LogP contribution is -2.63. The van der Waals surface area contributed by atoms with Crippen molar-refractivity contribution in [1.82, 2.24) is 24.5 Å². The number of hydrogen-bond donors (Lipinski definition) is 0. The van der Waals surface area contributed by atoms with Crippen LogP contribution in [0.3, 0.4) is 0 Å². The molecule has 25 nitrogen and oxygen atoms in total. The van der Waals surface area contributed by atoms with Gasteiger partial charge in [0.25, 0.3) is 17.7 Å². The number of anilines is 5. The van der Waals surface area contributed by atoms with E-state index in [1.165, 1.54) is 42.2 Å². The molecule has 0 spiro atoms. The summed E-state index contributed by atoms with van der Waals surface area (Å²) in [7, 11) is 0. The van der Waals surface area contributed by atoms with Gasteiger partial charge in [-0.05, 0) is 181 Å². The maximum Gasteiger partial charge on any atom is 0.416 e. The first-order valence-electron chi connectivity index (χ1n) is 50.1. The minimum atomic E-state index is -4.50. The van der Waals surface area contributed by atoms with Crippen LogP contribution in [0.2, 0.25) is 0 Å². The van der Waals surface area contributed by atoms with Gasteiger partial charge < -0.3 is 0 Å². The van der Waals surface area contributed by atoms with E-state index in [1.807, 2.05) is 172 Å². The normalized spacial score (nSPS) is 18.6. The van der Waals surface area contributed by atoms with E-state index in [9.17, 15) is 85.1 Å². The van der Waals surface area contributed by atoms with Gasteiger partial charge in [0.1, 0.15) is 29.6 Å². The Kier molecular flexibility index (Phi) is 33.4. The third kappa shape index (κ3) is 24.0. The first-order chi connectivity index (χ1) is 72.3. The largest absolute Gasteiger partial charge is 0.416 e. The standard InChI is InChI=1S/C27H26N2O3.C26H21F3N2O3.C24H20N2O3.C23H24N2O3.C22H22N2O3/c1-27(2,3)21-16-14-19(15-17-21)18-28-24(30)23(20-10-6-4-7-11-20)25(31)29(26(28)32)22-12-8-5-9-13-22;1-17-7-9-18(10-8-17)15-22-23(32)30(16-19-11-13-20(14-12-19)26(27,28)29)25(34)31(24(22)33)21-5-3-2-4-6-21;1-17-12-14-18(15-13-17)16-25-22(27)21(19-8-4-2-5-9-19)23(28)26(24(25)29)20-10-6-3-7-11-20;26-21-20(16-17-10-4-1-5-11-17)22(27)25(19-14-8-3-9-15-19)23(28)24(21)18-12-6-2-7-13-18;25-20-19(16-10-4-1-5-11-16)21(26)24(18-14-8-3-9-15-18)22(27)23(20)17-12-6-2-7-13-17/h4-17,23H,18H2,1-3H3;2-14,22H,15-16H2,1H3;2-15,21H,16H2,1H3;1-2,4-7,10-13,19-20H,3,8-9,14-16H2;1-2,4-7,10-13,18-19H,3,8-9,14-15H2. The number of alkyl halides is 3. The molecule has 150 heavy (non-hydrogen) atoms. The molecule has 20 amide bonds. The van der Waals surface area contributed by atoms with Crippen molar-refractivity contribution < 1.29 is 85.1 Å². The second-order valence-electron chi connectivity index (χ2n) is 38.9. The van der Waals surface area contributed by atoms with Crippen molar-refractivity contribution >= 4 is 118 Å². The number of para-hydroxylation sites is 5. The highest BCUT2D eigenvalue weighted by molar-refractivity contribution is 6.33. The average Bonchev–Trinajstić information content (AvgIpc) is 0.761. The Labute approximate surface area is 868 Å². The van der Waals surface area contributed by atoms with Crippen molar-refractivity contribution in [2.45, 2.75) is 173 Å². The Morgan fingerprint density at radius 1 is 0.233 bits per heavy atom. The van der Waals surface area contributed by atoms with Gasteiger partial charge in [-0.1, -0.05) is 368 Å². The molecule has 0 N–H and O–H groups in total. The number of barbiturate groups is 5. The van der Waals surface area contributed by atoms with E-state index >= 15 is 0 Å². The molecular weight excluding hydrogens is 1900 g/mol. The van der Waals surface area contributed by atoms with Crippen molar-refractivity contribution in [2.24, 2.45) is 11.8 Å². The quantitative estimate of drug-likeness (QED) is 0.0641. The van der Waals surface area contributed by atoms with Gasteiger partial charge in [-0.3, -0.25) is 72.4 Å². The molecule has 28 heteroatoms. The Bertz CT molecular complexity index is 6870. The van der Waals surface area contributed by atoms with Gasteiger partial charge in [-0.25, -0.2) is 48.5 Å². The molecule has 5 heterocycles. The van der Waals surface area contributed by atoms with Crippen LogP contribution in [0.25, 0.3) is 0 Å². The Balaban J connectivity index is 0.000000134. The van der Waals surface area contributed by atoms with E-state index in [0.29, 0.717) is 57.1 Å². The van der Waals surface area contributed by atoms with Crippen LogP contribution >= 0.6 is 0 Å². The summed E-state index contributed by atoms with van der Waals surface area (Å²) in [5, 5.41) is 0. The maximum atomic E-state index is 13.4. The molecule has 5 aliphatic heterocycles. The molecule has 0 radical (unpaired) electrons. The fraction of sp³-hybridized carbons (Fsp3) is 0.238. The summed E-state index contributed by atoms with van der Waals surface area (Å²) >= 11 is 0. The monoisotopic (exact) mass is 2010 g/mol. The average molecular weight is 2020 g/mol. The third-order valence-corrected chi connectivity index (χ3v) is 27.5. The molecule has 5 unspecified atom stereocenters. The van der Waals surface area contributed by atoms with Crippen LogP contribution in [0.15, 0.2) is 370 Å². The van der Waals surface area contributed by atoms with Crippen molar-refractivity contribution in [3.05, 3.63) is 437 Å². The molecule has 0 bridgehead atoms. The molecule has 7 fully saturated rings. The van der Waals surface area contributed by atoms with Crippen molar-refractivity contribution in [1.29, 1.82) is 0 Å². The van der Waals surface area contributed by atoms with Crippen molar-refractivity contribution in [2.75, 3.05) is 24.5 Å². The first-order valence-corrected chi connectivity index (χ1v) is 50.1. The zero-order chi connectivity index (χ0) is 106. The summed E-state index contributed by atoms with van der Waals surface area (Å²) in [6.07, 6.45) is 5.38. The Morgan fingerprint density at radius 3 is 0.787 bits per heavy atom. The molecule has 5 atom stereocenters. The number of rotatable bonds is 20. The molecule has 13 aromatic rings. The van der Waals surface area contributed by atoms with Gasteiger partial charge >= 0.3 is 36.3 Å². The highest BCUT2D eigenvalue weighted by atomic mass is 19.4. The zero-order valence-electron chi connectivity index (χ0n) is 83.6. The van der Waals surface area contributed by atoms with E-state index in [1.54, 1.807) is 188 Å². The highest BCUT2D eigenvalue weighted by Crippen LogP contribution is 2.41. The Hall–Kier alpha value is -17.3. The molecule has 0 aromatic heterocycles. The van der Waals surface area contributed by atoms with Gasteiger partial charge in [0, 0.05) is 12.1 Å². The van der Waals surface area contributed by atoms with Crippen LogP contribution in [0.1, 0.15) is 169 Å². The molecule has 13 aromatic carbocycles. The highest BCUT2D eigenvalue weighted by Gasteiger charge is 2.54. The second-order valence-corrected chi connectivity index (χ2v) is 38.9. The molecule has 7 aliphatic rings. The summed E-state index contributed by atoms with van der Waals surface area (Å²) in [6, 6.07) is 104. The lowest BCUT2D eigenvalue weighted by atomic mass is 9.86. The fourth-order valence-corrected chi connectivity index (χ4v) is 19.5. The summed E-state index contributed by atoms with van der Waals surface area (Å²) in [4.78, 5) is 211. The summed E-state index contributed by atoms with van der Waals surface area (Å²) < 4.78 is 38.7. The number of carbonyl (C=O) groups excluding carboxylic acids is 15. The van der Waals surface area contributed by atoms with Gasteiger partial charge in [0.05, 0.1) is 53.6 Å². The van der Waals surface area contributed by atoms with Crippen LogP contribution in [0, 0.1) is 25.7 Å². The van der Waals surface area contributed by atoms with Crippen molar-refractivity contribution in [3.63, 3.8) is 0 Å². The number of carbonyl (C=O) groups is 15. The molecule has 20 rings (SSSR count). The molecular formula is C122H113F3N10O15. The smallest absolute Gasteiger partial charge is 0.273 e. The van der Waals surface area contributed by atoms with Gasteiger partial charge in [0.15, 0.2) is 0 Å². The predicted octanol–water partition coefficient (Wildman–Crippen LogP) is 23.2. The topological polar surface area (TPSA) is 288 Å². The molecule has 2 saturated carbocycles.